The molecule has 0 aromatic heterocycles. The number of fused-ring (bicyclic) bond motifs is 1. The average Bonchev–Trinajstić information content (AvgIpc) is 2.25. The Morgan fingerprint density at radius 1 is 1.39 bits per heavy atom. The van der Waals surface area contributed by atoms with Gasteiger partial charge < -0.3 is 10.2 Å². The van der Waals surface area contributed by atoms with Crippen LogP contribution in [0.1, 0.15) is 33.1 Å². The Hall–Kier alpha value is -1.22. The van der Waals surface area contributed by atoms with Crippen LogP contribution in [0.3, 0.4) is 0 Å². The van der Waals surface area contributed by atoms with Gasteiger partial charge in [0.15, 0.2) is 0 Å². The van der Waals surface area contributed by atoms with E-state index in [4.69, 9.17) is 11.6 Å². The molecule has 4 heteroatoms. The zero-order chi connectivity index (χ0) is 12.9. The van der Waals surface area contributed by atoms with Crippen LogP contribution in [-0.4, -0.2) is 17.5 Å². The predicted molar refractivity (Wildman–Crippen MR) is 74.3 cm³/mol. The molecule has 1 amide bonds. The van der Waals surface area contributed by atoms with E-state index in [2.05, 4.69) is 24.1 Å². The molecular formula is C14H17ClN2O. The zero-order valence-corrected chi connectivity index (χ0v) is 11.4. The van der Waals surface area contributed by atoms with Gasteiger partial charge in [0.1, 0.15) is 5.54 Å². The van der Waals surface area contributed by atoms with Crippen LogP contribution in [0.2, 0.25) is 5.02 Å². The lowest BCUT2D eigenvalue weighted by Crippen LogP contribution is -2.65. The second kappa shape index (κ2) is 3.89. The number of amides is 1. The minimum absolute atomic E-state index is 0.136. The van der Waals surface area contributed by atoms with E-state index in [-0.39, 0.29) is 17.5 Å². The van der Waals surface area contributed by atoms with Crippen LogP contribution in [0.5, 0.6) is 0 Å². The zero-order valence-electron chi connectivity index (χ0n) is 10.7. The summed E-state index contributed by atoms with van der Waals surface area (Å²) in [4.78, 5) is 14.6. The van der Waals surface area contributed by atoms with Crippen LogP contribution in [0.15, 0.2) is 18.2 Å². The highest BCUT2D eigenvalue weighted by atomic mass is 35.5. The van der Waals surface area contributed by atoms with Gasteiger partial charge in [0.2, 0.25) is 5.91 Å². The van der Waals surface area contributed by atoms with E-state index >= 15 is 0 Å². The topological polar surface area (TPSA) is 32.3 Å². The van der Waals surface area contributed by atoms with Gasteiger partial charge in [-0.1, -0.05) is 11.6 Å². The molecule has 18 heavy (non-hydrogen) atoms. The van der Waals surface area contributed by atoms with Crippen molar-refractivity contribution in [2.24, 2.45) is 0 Å². The summed E-state index contributed by atoms with van der Waals surface area (Å²) in [6.07, 6.45) is 2.98. The highest BCUT2D eigenvalue weighted by molar-refractivity contribution is 6.31. The van der Waals surface area contributed by atoms with Crippen LogP contribution in [0, 0.1) is 0 Å². The Balaban J connectivity index is 2.16. The number of rotatable bonds is 1. The molecule has 2 aliphatic rings. The second-order valence-electron chi connectivity index (χ2n) is 5.46. The number of hydrogen-bond acceptors (Lipinski definition) is 2. The number of carbonyl (C=O) groups is 1. The van der Waals surface area contributed by atoms with Gasteiger partial charge in [0.25, 0.3) is 0 Å². The Bertz CT molecular complexity index is 509. The van der Waals surface area contributed by atoms with Gasteiger partial charge in [-0.05, 0) is 51.3 Å². The van der Waals surface area contributed by atoms with E-state index in [9.17, 15) is 4.79 Å². The summed E-state index contributed by atoms with van der Waals surface area (Å²) in [5.41, 5.74) is 1.58. The molecule has 1 spiro atoms. The van der Waals surface area contributed by atoms with E-state index in [0.29, 0.717) is 5.02 Å². The van der Waals surface area contributed by atoms with Crippen molar-refractivity contribution in [3.63, 3.8) is 0 Å². The molecular weight excluding hydrogens is 248 g/mol. The Kier molecular flexibility index (Phi) is 2.56. The summed E-state index contributed by atoms with van der Waals surface area (Å²) in [6.45, 7) is 4.26. The SMILES string of the molecule is CC(C)N1c2cc(Cl)ccc2NC(=O)C12CCC2. The first-order valence-electron chi connectivity index (χ1n) is 6.45. The first kappa shape index (κ1) is 11.8. The van der Waals surface area contributed by atoms with E-state index < -0.39 is 0 Å². The quantitative estimate of drug-likeness (QED) is 0.843. The fourth-order valence-electron chi connectivity index (χ4n) is 3.14. The number of halogens is 1. The van der Waals surface area contributed by atoms with Gasteiger partial charge in [-0.3, -0.25) is 4.79 Å². The van der Waals surface area contributed by atoms with E-state index in [1.54, 1.807) is 0 Å². The van der Waals surface area contributed by atoms with Crippen LogP contribution < -0.4 is 10.2 Å². The normalized spacial score (nSPS) is 20.7. The molecule has 0 atom stereocenters. The molecule has 1 aromatic rings. The lowest BCUT2D eigenvalue weighted by atomic mass is 9.72. The van der Waals surface area contributed by atoms with Gasteiger partial charge in [0.05, 0.1) is 11.4 Å². The molecule has 1 aliphatic carbocycles. The third kappa shape index (κ3) is 1.46. The number of carbonyl (C=O) groups excluding carboxylic acids is 1. The Morgan fingerprint density at radius 2 is 2.11 bits per heavy atom. The van der Waals surface area contributed by atoms with Crippen molar-refractivity contribution in [1.82, 2.24) is 0 Å². The first-order chi connectivity index (χ1) is 8.54. The van der Waals surface area contributed by atoms with Crippen molar-refractivity contribution in [1.29, 1.82) is 0 Å². The minimum Gasteiger partial charge on any atom is -0.353 e. The van der Waals surface area contributed by atoms with E-state index in [1.807, 2.05) is 18.2 Å². The molecule has 1 N–H and O–H groups in total. The number of nitrogens with one attached hydrogen (secondary N) is 1. The molecule has 1 aromatic carbocycles. The summed E-state index contributed by atoms with van der Waals surface area (Å²) in [7, 11) is 0. The lowest BCUT2D eigenvalue weighted by molar-refractivity contribution is -0.124. The second-order valence-corrected chi connectivity index (χ2v) is 5.90. The highest BCUT2D eigenvalue weighted by Crippen LogP contribution is 2.48. The fraction of sp³-hybridized carbons (Fsp3) is 0.500. The molecule has 1 aliphatic heterocycles. The summed E-state index contributed by atoms with van der Waals surface area (Å²) in [5, 5.41) is 3.74. The van der Waals surface area contributed by atoms with Gasteiger partial charge in [-0.15, -0.1) is 0 Å². The molecule has 0 unspecified atom stereocenters. The maximum atomic E-state index is 12.4. The number of nitrogens with zero attached hydrogens (tertiary/aromatic N) is 1. The smallest absolute Gasteiger partial charge is 0.250 e. The summed E-state index contributed by atoms with van der Waals surface area (Å²) in [6, 6.07) is 5.94. The molecule has 3 nitrogen and oxygen atoms in total. The largest absolute Gasteiger partial charge is 0.353 e. The molecule has 0 bridgehead atoms. The van der Waals surface area contributed by atoms with Crippen molar-refractivity contribution < 1.29 is 4.79 Å². The van der Waals surface area contributed by atoms with Crippen LogP contribution in [-0.2, 0) is 4.79 Å². The molecule has 96 valence electrons. The number of benzene rings is 1. The van der Waals surface area contributed by atoms with Crippen molar-refractivity contribution in [3.8, 4) is 0 Å². The number of hydrogen-bond donors (Lipinski definition) is 1. The minimum atomic E-state index is -0.341. The van der Waals surface area contributed by atoms with Gasteiger partial charge >= 0.3 is 0 Å². The standard InChI is InChI=1S/C14H17ClN2O/c1-9(2)17-12-8-10(15)4-5-11(12)16-13(18)14(17)6-3-7-14/h4-5,8-9H,3,6-7H2,1-2H3,(H,16,18). The lowest BCUT2D eigenvalue weighted by Gasteiger charge is -2.54. The van der Waals surface area contributed by atoms with Crippen molar-refractivity contribution >= 4 is 28.9 Å². The summed E-state index contributed by atoms with van der Waals surface area (Å²) in [5.74, 6) is 0.136. The molecule has 1 heterocycles. The Morgan fingerprint density at radius 3 is 2.67 bits per heavy atom. The molecule has 3 rings (SSSR count). The van der Waals surface area contributed by atoms with Crippen LogP contribution >= 0.6 is 11.6 Å². The maximum absolute atomic E-state index is 12.4. The summed E-state index contributed by atoms with van der Waals surface area (Å²) >= 11 is 6.10. The molecule has 0 radical (unpaired) electrons. The average molecular weight is 265 g/mol. The monoisotopic (exact) mass is 264 g/mol. The maximum Gasteiger partial charge on any atom is 0.250 e. The summed E-state index contributed by atoms with van der Waals surface area (Å²) < 4.78 is 0. The van der Waals surface area contributed by atoms with E-state index in [0.717, 1.165) is 30.6 Å². The van der Waals surface area contributed by atoms with Crippen LogP contribution in [0.25, 0.3) is 0 Å². The molecule has 1 fully saturated rings. The highest BCUT2D eigenvalue weighted by Gasteiger charge is 2.52. The fourth-order valence-corrected chi connectivity index (χ4v) is 3.31. The van der Waals surface area contributed by atoms with Gasteiger partial charge in [-0.25, -0.2) is 0 Å². The van der Waals surface area contributed by atoms with Crippen molar-refractivity contribution in [2.75, 3.05) is 10.2 Å². The third-order valence-electron chi connectivity index (χ3n) is 4.05. The Labute approximate surface area is 112 Å². The molecule has 0 saturated heterocycles. The molecule has 1 saturated carbocycles. The van der Waals surface area contributed by atoms with Gasteiger partial charge in [0, 0.05) is 11.1 Å². The van der Waals surface area contributed by atoms with Crippen LogP contribution in [0.4, 0.5) is 11.4 Å². The first-order valence-corrected chi connectivity index (χ1v) is 6.83. The predicted octanol–water partition coefficient (Wildman–Crippen LogP) is 3.43. The third-order valence-corrected chi connectivity index (χ3v) is 4.28. The van der Waals surface area contributed by atoms with E-state index in [1.165, 1.54) is 0 Å². The van der Waals surface area contributed by atoms with Gasteiger partial charge in [-0.2, -0.15) is 0 Å². The van der Waals surface area contributed by atoms with Crippen molar-refractivity contribution in [2.45, 2.75) is 44.7 Å². The van der Waals surface area contributed by atoms with Crippen molar-refractivity contribution in [3.05, 3.63) is 23.2 Å². The number of anilines is 2.